The summed E-state index contributed by atoms with van der Waals surface area (Å²) in [5, 5.41) is 5.37. The lowest BCUT2D eigenvalue weighted by atomic mass is 10.0. The number of aromatic nitrogens is 4. The van der Waals surface area contributed by atoms with E-state index in [1.807, 2.05) is 62.4 Å². The standard InChI is InChI=1S/C43H45FN8O6/c1-23(2)36(50-43(56)58-4)41(54)51-18-6-9-34(51)38-45-22-33(48-38)27-14-16-29(30(44)19-27)24-10-12-25(13-11-24)32-21-46-39(47-32)35-20-28-8-5-7-26-15-17-31(49-42(55)57-3)40(53)52(35)37(26)28/h5,7-8,10-14,16,19,21-23,31,34-36H,6,9,15,17-18,20H2,1-4H3,(H,45,48)(H,46,47)(H,49,55)(H,50,56)/t31-,34-,35-,36-/m0/s1. The number of benzene rings is 3. The molecule has 5 aromatic rings. The topological polar surface area (TPSA) is 175 Å². The normalized spacial score (nSPS) is 19.1. The number of halogens is 1. The fourth-order valence-electron chi connectivity index (χ4n) is 8.42. The lowest BCUT2D eigenvalue weighted by Crippen LogP contribution is -2.51. The third-order valence-corrected chi connectivity index (χ3v) is 11.4. The van der Waals surface area contributed by atoms with Crippen LogP contribution in [0.2, 0.25) is 0 Å². The van der Waals surface area contributed by atoms with E-state index in [1.165, 1.54) is 20.3 Å². The molecule has 4 amide bonds. The van der Waals surface area contributed by atoms with Gasteiger partial charge in [-0.1, -0.05) is 68.4 Å². The van der Waals surface area contributed by atoms with E-state index in [0.29, 0.717) is 66.3 Å². The van der Waals surface area contributed by atoms with Gasteiger partial charge in [0.15, 0.2) is 0 Å². The van der Waals surface area contributed by atoms with Crippen LogP contribution in [-0.4, -0.2) is 81.7 Å². The first-order valence-electron chi connectivity index (χ1n) is 19.5. The van der Waals surface area contributed by atoms with Crippen LogP contribution in [0.1, 0.15) is 68.0 Å². The molecule has 4 atom stereocenters. The highest BCUT2D eigenvalue weighted by molar-refractivity contribution is 6.02. The summed E-state index contributed by atoms with van der Waals surface area (Å²) < 4.78 is 25.3. The first-order chi connectivity index (χ1) is 28.0. The highest BCUT2D eigenvalue weighted by Crippen LogP contribution is 2.45. The average molecular weight is 789 g/mol. The van der Waals surface area contributed by atoms with E-state index in [4.69, 9.17) is 19.4 Å². The molecule has 1 saturated heterocycles. The molecule has 4 N–H and O–H groups in total. The van der Waals surface area contributed by atoms with Gasteiger partial charge in [0, 0.05) is 30.3 Å². The number of aromatic amines is 2. The van der Waals surface area contributed by atoms with Crippen LogP contribution < -0.4 is 15.5 Å². The number of rotatable bonds is 9. The van der Waals surface area contributed by atoms with E-state index >= 15 is 4.39 Å². The molecule has 0 unspecified atom stereocenters. The van der Waals surface area contributed by atoms with Gasteiger partial charge >= 0.3 is 12.2 Å². The molecule has 3 aliphatic rings. The predicted octanol–water partition coefficient (Wildman–Crippen LogP) is 6.62. The van der Waals surface area contributed by atoms with Crippen molar-refractivity contribution < 1.29 is 33.0 Å². The Kier molecular flexibility index (Phi) is 10.4. The maximum atomic E-state index is 15.8. The summed E-state index contributed by atoms with van der Waals surface area (Å²) in [5.74, 6) is 0.254. The van der Waals surface area contributed by atoms with E-state index in [1.54, 1.807) is 28.3 Å². The van der Waals surface area contributed by atoms with Gasteiger partial charge in [-0.15, -0.1) is 0 Å². The maximum Gasteiger partial charge on any atom is 0.407 e. The van der Waals surface area contributed by atoms with Crippen LogP contribution in [-0.2, 0) is 31.9 Å². The van der Waals surface area contributed by atoms with Crippen molar-refractivity contribution in [2.45, 2.75) is 70.1 Å². The van der Waals surface area contributed by atoms with Crippen molar-refractivity contribution >= 4 is 29.7 Å². The van der Waals surface area contributed by atoms with E-state index in [9.17, 15) is 19.2 Å². The van der Waals surface area contributed by atoms with Crippen LogP contribution in [0.3, 0.4) is 0 Å². The summed E-state index contributed by atoms with van der Waals surface area (Å²) in [5.41, 5.74) is 6.83. The Bertz CT molecular complexity index is 2370. The Balaban J connectivity index is 0.970. The summed E-state index contributed by atoms with van der Waals surface area (Å²) in [4.78, 5) is 71.1. The van der Waals surface area contributed by atoms with Crippen LogP contribution in [0.15, 0.2) is 73.1 Å². The Morgan fingerprint density at radius 2 is 1.66 bits per heavy atom. The number of alkyl carbamates (subject to hydrolysis) is 2. The van der Waals surface area contributed by atoms with E-state index in [0.717, 1.165) is 34.5 Å². The number of amides is 4. The monoisotopic (exact) mass is 788 g/mol. The molecular weight excluding hydrogens is 744 g/mol. The highest BCUT2D eigenvalue weighted by Gasteiger charge is 2.43. The molecule has 0 aliphatic carbocycles. The van der Waals surface area contributed by atoms with Gasteiger partial charge in [0.05, 0.1) is 49.6 Å². The number of methoxy groups -OCH3 is 2. The third-order valence-electron chi connectivity index (χ3n) is 11.4. The van der Waals surface area contributed by atoms with Crippen LogP contribution >= 0.6 is 0 Å². The Morgan fingerprint density at radius 1 is 0.914 bits per heavy atom. The van der Waals surface area contributed by atoms with Gasteiger partial charge in [-0.3, -0.25) is 14.5 Å². The number of anilines is 1. The first kappa shape index (κ1) is 38.4. The quantitative estimate of drug-likeness (QED) is 0.129. The number of H-pyrrole nitrogens is 2. The van der Waals surface area contributed by atoms with Gasteiger partial charge in [0.25, 0.3) is 0 Å². The highest BCUT2D eigenvalue weighted by atomic mass is 19.1. The van der Waals surface area contributed by atoms with Crippen LogP contribution in [0, 0.1) is 11.7 Å². The second-order valence-electron chi connectivity index (χ2n) is 15.3. The zero-order chi connectivity index (χ0) is 40.7. The van der Waals surface area contributed by atoms with E-state index in [-0.39, 0.29) is 29.8 Å². The summed E-state index contributed by atoms with van der Waals surface area (Å²) in [7, 11) is 2.54. The van der Waals surface area contributed by atoms with Crippen molar-refractivity contribution in [3.63, 3.8) is 0 Å². The number of carbonyl (C=O) groups is 4. The maximum absolute atomic E-state index is 15.8. The van der Waals surface area contributed by atoms with Gasteiger partial charge in [-0.05, 0) is 59.9 Å². The number of likely N-dealkylation sites (tertiary alicyclic amines) is 1. The number of nitrogens with one attached hydrogen (secondary N) is 4. The van der Waals surface area contributed by atoms with Crippen molar-refractivity contribution in [3.05, 3.63) is 102 Å². The molecule has 5 heterocycles. The molecule has 0 radical (unpaired) electrons. The SMILES string of the molecule is COC(=O)N[C@H]1CCc2cccc3c2N(C1=O)[C@H](c1ncc(-c2ccc(-c4ccc(-c5c[nH]c([C@@H]6CCCN6C(=O)[C@@H](NC(=O)OC)C(C)C)n5)cc4F)cc2)[nH]1)C3. The summed E-state index contributed by atoms with van der Waals surface area (Å²) >= 11 is 0. The fraction of sp³-hybridized carbons (Fsp3) is 0.349. The average Bonchev–Trinajstić information content (AvgIpc) is 4.06. The molecule has 1 fully saturated rings. The number of ether oxygens (including phenoxy) is 2. The number of nitrogens with zero attached hydrogens (tertiary/aromatic N) is 4. The molecule has 58 heavy (non-hydrogen) atoms. The van der Waals surface area contributed by atoms with Gasteiger partial charge in [-0.2, -0.15) is 0 Å². The zero-order valence-corrected chi connectivity index (χ0v) is 32.7. The number of para-hydroxylation sites is 1. The third kappa shape index (κ3) is 7.16. The number of hydrogen-bond acceptors (Lipinski definition) is 8. The first-order valence-corrected chi connectivity index (χ1v) is 19.5. The Morgan fingerprint density at radius 3 is 2.40 bits per heavy atom. The number of carbonyl (C=O) groups excluding carboxylic acids is 4. The summed E-state index contributed by atoms with van der Waals surface area (Å²) in [6, 6.07) is 16.4. The number of hydrogen-bond donors (Lipinski definition) is 4. The second kappa shape index (κ2) is 15.8. The minimum Gasteiger partial charge on any atom is -0.453 e. The molecule has 15 heteroatoms. The van der Waals surface area contributed by atoms with Crippen LogP contribution in [0.25, 0.3) is 33.6 Å². The Labute approximate surface area is 334 Å². The minimum absolute atomic E-state index is 0.151. The van der Waals surface area contributed by atoms with Gasteiger partial charge < -0.3 is 35.0 Å². The molecule has 0 saturated carbocycles. The van der Waals surface area contributed by atoms with Crippen molar-refractivity contribution in [2.24, 2.45) is 5.92 Å². The van der Waals surface area contributed by atoms with Crippen molar-refractivity contribution in [1.82, 2.24) is 35.5 Å². The van der Waals surface area contributed by atoms with Crippen LogP contribution in [0.4, 0.5) is 19.7 Å². The zero-order valence-electron chi connectivity index (χ0n) is 32.7. The van der Waals surface area contributed by atoms with Crippen molar-refractivity contribution in [3.8, 4) is 33.6 Å². The molecule has 0 bridgehead atoms. The minimum atomic E-state index is -0.742. The molecule has 3 aliphatic heterocycles. The lowest BCUT2D eigenvalue weighted by molar-refractivity contribution is -0.135. The fourth-order valence-corrected chi connectivity index (χ4v) is 8.42. The summed E-state index contributed by atoms with van der Waals surface area (Å²) in [6.07, 6.45) is 5.30. The molecule has 8 rings (SSSR count). The molecule has 3 aromatic carbocycles. The van der Waals surface area contributed by atoms with Crippen molar-refractivity contribution in [2.75, 3.05) is 25.7 Å². The molecule has 0 spiro atoms. The largest absolute Gasteiger partial charge is 0.453 e. The van der Waals surface area contributed by atoms with Gasteiger partial charge in [-0.25, -0.2) is 23.9 Å². The number of aryl methyl sites for hydroxylation is 1. The lowest BCUT2D eigenvalue weighted by Gasteiger charge is -2.29. The molecular formula is C43H45FN8O6. The van der Waals surface area contributed by atoms with Crippen LogP contribution in [0.5, 0.6) is 0 Å². The Hall–Kier alpha value is -6.51. The second-order valence-corrected chi connectivity index (χ2v) is 15.3. The van der Waals surface area contributed by atoms with Crippen molar-refractivity contribution in [1.29, 1.82) is 0 Å². The van der Waals surface area contributed by atoms with E-state index < -0.39 is 30.1 Å². The molecule has 2 aromatic heterocycles. The summed E-state index contributed by atoms with van der Waals surface area (Å²) in [6.45, 7) is 4.26. The molecule has 14 nitrogen and oxygen atoms in total. The molecule has 300 valence electrons. The van der Waals surface area contributed by atoms with Gasteiger partial charge in [0.2, 0.25) is 11.8 Å². The predicted molar refractivity (Wildman–Crippen MR) is 213 cm³/mol. The number of imidazole rings is 2. The smallest absolute Gasteiger partial charge is 0.407 e. The van der Waals surface area contributed by atoms with Gasteiger partial charge in [0.1, 0.15) is 29.5 Å². The van der Waals surface area contributed by atoms with E-state index in [2.05, 4.69) is 20.6 Å².